The smallest absolute Gasteiger partial charge is 0.340 e. The fourth-order valence-electron chi connectivity index (χ4n) is 3.34. The summed E-state index contributed by atoms with van der Waals surface area (Å²) in [4.78, 5) is 11.0. The number of aliphatic hydroxyl groups excluding tert-OH is 2. The standard InChI is InChI=1S/C23H24N6O9S2/c1-38-23(32)15-4-2-3-5-17(15)27-28-18-11-19(40(35,36)37)21(25)22(20(18)24)29-26-16-7-6-14(10-13(16)12-31)39(33,34)9-8-30/h2-7,10-11,30-31H,8-9,12,24-25H2,1H3,(H,35,36,37)/b28-27+,29-26+. The van der Waals surface area contributed by atoms with Crippen molar-refractivity contribution in [3.63, 3.8) is 0 Å². The van der Waals surface area contributed by atoms with Crippen LogP contribution in [0.3, 0.4) is 0 Å². The van der Waals surface area contributed by atoms with Gasteiger partial charge in [-0.15, -0.1) is 15.3 Å². The predicted octanol–water partition coefficient (Wildman–Crippen LogP) is 2.97. The first-order valence-electron chi connectivity index (χ1n) is 11.1. The number of benzene rings is 3. The molecule has 212 valence electrons. The third-order valence-electron chi connectivity index (χ3n) is 5.37. The van der Waals surface area contributed by atoms with Crippen LogP contribution in [-0.2, 0) is 31.3 Å². The summed E-state index contributed by atoms with van der Waals surface area (Å²) in [5.74, 6) is -1.24. The largest absolute Gasteiger partial charge is 0.465 e. The van der Waals surface area contributed by atoms with Gasteiger partial charge in [-0.1, -0.05) is 12.1 Å². The zero-order valence-electron chi connectivity index (χ0n) is 20.8. The zero-order valence-corrected chi connectivity index (χ0v) is 22.4. The minimum absolute atomic E-state index is 0.0170. The number of carbonyl (C=O) groups excluding carboxylic acids is 1. The van der Waals surface area contributed by atoms with Gasteiger partial charge in [0.2, 0.25) is 0 Å². The van der Waals surface area contributed by atoms with Gasteiger partial charge in [0.25, 0.3) is 10.1 Å². The van der Waals surface area contributed by atoms with Gasteiger partial charge in [0, 0.05) is 5.56 Å². The molecule has 0 saturated heterocycles. The number of anilines is 2. The summed E-state index contributed by atoms with van der Waals surface area (Å²) >= 11 is 0. The average molecular weight is 593 g/mol. The van der Waals surface area contributed by atoms with E-state index in [4.69, 9.17) is 21.3 Å². The quantitative estimate of drug-likeness (QED) is 0.0989. The average Bonchev–Trinajstić information content (AvgIpc) is 2.91. The maximum atomic E-state index is 12.2. The van der Waals surface area contributed by atoms with Crippen LogP contribution < -0.4 is 11.5 Å². The van der Waals surface area contributed by atoms with E-state index in [1.807, 2.05) is 0 Å². The first-order chi connectivity index (χ1) is 18.8. The van der Waals surface area contributed by atoms with Gasteiger partial charge >= 0.3 is 5.97 Å². The van der Waals surface area contributed by atoms with Crippen molar-refractivity contribution in [2.45, 2.75) is 16.4 Å². The van der Waals surface area contributed by atoms with Crippen molar-refractivity contribution in [3.8, 4) is 0 Å². The number of azo groups is 2. The summed E-state index contributed by atoms with van der Waals surface area (Å²) in [6.45, 7) is -1.25. The molecule has 7 N–H and O–H groups in total. The van der Waals surface area contributed by atoms with Crippen LogP contribution in [-0.4, -0.2) is 57.0 Å². The first-order valence-corrected chi connectivity index (χ1v) is 14.2. The van der Waals surface area contributed by atoms with Gasteiger partial charge < -0.3 is 26.4 Å². The fraction of sp³-hybridized carbons (Fsp3) is 0.174. The number of esters is 1. The van der Waals surface area contributed by atoms with Gasteiger partial charge in [-0.3, -0.25) is 4.55 Å². The second-order valence-electron chi connectivity index (χ2n) is 7.94. The lowest BCUT2D eigenvalue weighted by molar-refractivity contribution is 0.0601. The summed E-state index contributed by atoms with van der Waals surface area (Å²) in [6, 6.07) is 10.4. The number of nitrogens with two attached hydrogens (primary N) is 2. The van der Waals surface area contributed by atoms with Crippen molar-refractivity contribution >= 4 is 60.0 Å². The molecule has 0 unspecified atom stereocenters. The number of aliphatic hydroxyl groups is 2. The Morgan fingerprint density at radius 3 is 2.15 bits per heavy atom. The Kier molecular flexibility index (Phi) is 9.28. The highest BCUT2D eigenvalue weighted by atomic mass is 32.2. The van der Waals surface area contributed by atoms with Crippen molar-refractivity contribution in [2.24, 2.45) is 20.5 Å². The number of nitrogen functional groups attached to an aromatic ring is 2. The van der Waals surface area contributed by atoms with Crippen LogP contribution in [0, 0.1) is 0 Å². The van der Waals surface area contributed by atoms with Gasteiger partial charge in [-0.25, -0.2) is 13.2 Å². The molecule has 0 spiro atoms. The molecule has 0 atom stereocenters. The number of nitrogens with zero attached hydrogens (tertiary/aromatic N) is 4. The Morgan fingerprint density at radius 2 is 1.52 bits per heavy atom. The molecule has 3 aromatic rings. The SMILES string of the molecule is COC(=O)c1ccccc1/N=N/c1cc(S(=O)(=O)O)c(N)c(/N=N/c2ccc(S(=O)(=O)CCO)cc2CO)c1N. The van der Waals surface area contributed by atoms with E-state index in [0.29, 0.717) is 0 Å². The fourth-order valence-corrected chi connectivity index (χ4v) is 5.05. The Labute approximate surface area is 228 Å². The van der Waals surface area contributed by atoms with Crippen LogP contribution in [0.25, 0.3) is 0 Å². The Morgan fingerprint density at radius 1 is 0.875 bits per heavy atom. The number of hydrogen-bond donors (Lipinski definition) is 5. The molecule has 0 saturated carbocycles. The van der Waals surface area contributed by atoms with Crippen LogP contribution in [0.5, 0.6) is 0 Å². The lowest BCUT2D eigenvalue weighted by Gasteiger charge is -2.11. The predicted molar refractivity (Wildman–Crippen MR) is 143 cm³/mol. The minimum atomic E-state index is -4.91. The van der Waals surface area contributed by atoms with E-state index >= 15 is 0 Å². The maximum Gasteiger partial charge on any atom is 0.340 e. The summed E-state index contributed by atoms with van der Waals surface area (Å²) in [6.07, 6.45) is 0. The van der Waals surface area contributed by atoms with Crippen LogP contribution in [0.15, 0.2) is 78.8 Å². The second-order valence-corrected chi connectivity index (χ2v) is 11.4. The van der Waals surface area contributed by atoms with E-state index < -0.39 is 61.2 Å². The molecule has 17 heteroatoms. The number of hydrogen-bond acceptors (Lipinski definition) is 14. The highest BCUT2D eigenvalue weighted by Gasteiger charge is 2.23. The highest BCUT2D eigenvalue weighted by Crippen LogP contribution is 2.43. The Balaban J connectivity index is 2.14. The summed E-state index contributed by atoms with van der Waals surface area (Å²) in [5, 5.41) is 34.4. The van der Waals surface area contributed by atoms with E-state index in [-0.39, 0.29) is 38.8 Å². The van der Waals surface area contributed by atoms with Crippen molar-refractivity contribution in [2.75, 3.05) is 30.9 Å². The molecule has 0 aliphatic heterocycles. The van der Waals surface area contributed by atoms with E-state index in [2.05, 4.69) is 20.5 Å². The van der Waals surface area contributed by atoms with Crippen molar-refractivity contribution < 1.29 is 41.1 Å². The second kappa shape index (κ2) is 12.3. The van der Waals surface area contributed by atoms with Gasteiger partial charge in [-0.2, -0.15) is 13.5 Å². The molecule has 0 fully saturated rings. The molecular weight excluding hydrogens is 568 g/mol. The van der Waals surface area contributed by atoms with E-state index in [0.717, 1.165) is 12.1 Å². The lowest BCUT2D eigenvalue weighted by Crippen LogP contribution is -2.10. The normalized spacial score (nSPS) is 12.3. The molecule has 0 heterocycles. The summed E-state index contributed by atoms with van der Waals surface area (Å²) in [5.41, 5.74) is 10.6. The van der Waals surface area contributed by atoms with Crippen molar-refractivity contribution in [3.05, 3.63) is 59.7 Å². The zero-order chi connectivity index (χ0) is 29.7. The Bertz CT molecular complexity index is 1720. The molecule has 3 rings (SSSR count). The third-order valence-corrected chi connectivity index (χ3v) is 7.96. The van der Waals surface area contributed by atoms with E-state index in [9.17, 15) is 31.3 Å². The number of methoxy groups -OCH3 is 1. The van der Waals surface area contributed by atoms with Crippen LogP contribution in [0.4, 0.5) is 34.1 Å². The topological polar surface area (TPSA) is 257 Å². The van der Waals surface area contributed by atoms with E-state index in [1.165, 1.54) is 31.4 Å². The van der Waals surface area contributed by atoms with Gasteiger partial charge in [0.1, 0.15) is 22.0 Å². The molecule has 0 aromatic heterocycles. The molecule has 3 aromatic carbocycles. The summed E-state index contributed by atoms with van der Waals surface area (Å²) in [7, 11) is -7.56. The molecule has 0 amide bonds. The molecule has 0 aliphatic rings. The molecule has 0 aliphatic carbocycles. The van der Waals surface area contributed by atoms with Crippen LogP contribution in [0.1, 0.15) is 15.9 Å². The van der Waals surface area contributed by atoms with Crippen LogP contribution >= 0.6 is 0 Å². The third kappa shape index (κ3) is 6.64. The molecule has 15 nitrogen and oxygen atoms in total. The minimum Gasteiger partial charge on any atom is -0.465 e. The number of sulfone groups is 1. The van der Waals surface area contributed by atoms with Crippen LogP contribution in [0.2, 0.25) is 0 Å². The highest BCUT2D eigenvalue weighted by molar-refractivity contribution is 7.91. The molecule has 40 heavy (non-hydrogen) atoms. The van der Waals surface area contributed by atoms with Gasteiger partial charge in [0.15, 0.2) is 9.84 Å². The monoisotopic (exact) mass is 592 g/mol. The van der Waals surface area contributed by atoms with Crippen molar-refractivity contribution in [1.82, 2.24) is 0 Å². The maximum absolute atomic E-state index is 12.2. The summed E-state index contributed by atoms with van der Waals surface area (Å²) < 4.78 is 62.9. The molecular formula is C23H24N6O9S2. The van der Waals surface area contributed by atoms with Crippen molar-refractivity contribution in [1.29, 1.82) is 0 Å². The number of carbonyl (C=O) groups is 1. The molecule has 0 bridgehead atoms. The lowest BCUT2D eigenvalue weighted by atomic mass is 10.2. The number of ether oxygens (including phenoxy) is 1. The Hall–Kier alpha value is -4.29. The van der Waals surface area contributed by atoms with Gasteiger partial charge in [-0.05, 0) is 36.4 Å². The molecule has 0 radical (unpaired) electrons. The van der Waals surface area contributed by atoms with Gasteiger partial charge in [0.05, 0.1) is 53.6 Å². The number of rotatable bonds is 10. The first kappa shape index (κ1) is 30.3. The van der Waals surface area contributed by atoms with E-state index in [1.54, 1.807) is 12.1 Å².